The Balaban J connectivity index is -0.0000000237. The molecule has 0 bridgehead atoms. The Morgan fingerprint density at radius 1 is 0.583 bits per heavy atom. The van der Waals surface area contributed by atoms with Crippen LogP contribution in [-0.2, 0) is 45.3 Å². The van der Waals surface area contributed by atoms with E-state index in [0.717, 1.165) is 0 Å². The van der Waals surface area contributed by atoms with Gasteiger partial charge in [-0.15, -0.1) is 0 Å². The quantitative estimate of drug-likeness (QED) is 0.196. The van der Waals surface area contributed by atoms with Crippen LogP contribution in [0, 0.1) is 35.5 Å². The number of hydrogen-bond donors (Lipinski definition) is 0. The van der Waals surface area contributed by atoms with Crippen molar-refractivity contribution in [2.45, 2.75) is 0 Å². The minimum absolute atomic E-state index is 0. The molecular formula is C14H33N3OP4PtRh+2. The monoisotopic (exact) mass is 681 g/mol. The molecule has 0 fully saturated rings. The Labute approximate surface area is 183 Å². The zero-order chi connectivity index (χ0) is 19.7. The first-order valence-corrected chi connectivity index (χ1v) is 17.1. The van der Waals surface area contributed by atoms with Gasteiger partial charge in [0.1, 0.15) is 0 Å². The fraction of sp³-hybridized carbons (Fsp3) is 0.714. The van der Waals surface area contributed by atoms with Crippen LogP contribution in [0.1, 0.15) is 0 Å². The molecule has 0 aromatic carbocycles. The summed E-state index contributed by atoms with van der Waals surface area (Å²) >= 11 is 0. The summed E-state index contributed by atoms with van der Waals surface area (Å²) in [6.45, 7) is 36.6. The molecule has 1 radical (unpaired) electrons. The summed E-state index contributed by atoms with van der Waals surface area (Å²) < 4.78 is 0. The van der Waals surface area contributed by atoms with Crippen LogP contribution in [0.15, 0.2) is 0 Å². The Hall–Kier alpha value is 1.17. The molecule has 0 aliphatic heterocycles. The molecule has 0 amide bonds. The van der Waals surface area contributed by atoms with Gasteiger partial charge in [-0.25, -0.2) is 0 Å². The van der Waals surface area contributed by atoms with Crippen LogP contribution in [-0.4, -0.2) is 71.9 Å². The first-order valence-electron chi connectivity index (χ1n) is 6.32. The van der Waals surface area contributed by atoms with E-state index < -0.39 is 0 Å². The van der Waals surface area contributed by atoms with E-state index in [0.29, 0.717) is 0 Å². The van der Waals surface area contributed by atoms with Crippen molar-refractivity contribution in [2.24, 2.45) is 0 Å². The number of hydrogen-bond acceptors (Lipinski definition) is 4. The summed E-state index contributed by atoms with van der Waals surface area (Å²) in [5, 5.41) is 18.8. The molecule has 0 heterocycles. The molecule has 4 nitrogen and oxygen atoms in total. The number of nitrogens with zero attached hydrogens (tertiary/aromatic N) is 3. The minimum Gasteiger partial charge on any atom is -0.545 e. The van der Waals surface area contributed by atoms with E-state index >= 15 is 0 Å². The number of rotatable bonds is 4. The molecule has 0 spiro atoms. The van der Waals surface area contributed by atoms with Gasteiger partial charge in [0.05, 0.1) is 0 Å². The third-order valence-corrected chi connectivity index (χ3v) is 12.7. The average Bonchev–Trinajstić information content (AvgIpc) is 2.45. The smallest absolute Gasteiger partial charge is 0.545 e. The van der Waals surface area contributed by atoms with Crippen molar-refractivity contribution in [1.82, 2.24) is 0 Å². The summed E-state index contributed by atoms with van der Waals surface area (Å²) in [7, 11) is 0.444. The summed E-state index contributed by atoms with van der Waals surface area (Å²) in [6, 6.07) is 0. The van der Waals surface area contributed by atoms with E-state index in [1.807, 2.05) is 0 Å². The molecule has 0 atom stereocenters. The van der Waals surface area contributed by atoms with Gasteiger partial charge in [-0.1, -0.05) is 0 Å². The number of carbonyl (C=O) groups excluding carboxylic acids is 1. The van der Waals surface area contributed by atoms with Gasteiger partial charge in [0, 0.05) is 106 Å². The van der Waals surface area contributed by atoms with E-state index in [9.17, 15) is 0 Å². The molecule has 0 aromatic heterocycles. The van der Waals surface area contributed by atoms with Crippen LogP contribution in [0.3, 0.4) is 0 Å². The first kappa shape index (κ1) is 49.9. The second-order valence-electron chi connectivity index (χ2n) is 5.18. The van der Waals surface area contributed by atoms with Gasteiger partial charge >= 0.3 is 19.5 Å². The van der Waals surface area contributed by atoms with E-state index in [4.69, 9.17) is 40.3 Å². The Morgan fingerprint density at radius 2 is 0.667 bits per heavy atom. The predicted octanol–water partition coefficient (Wildman–Crippen LogP) is 3.79. The maximum absolute atomic E-state index is 7.75. The van der Waals surface area contributed by atoms with Crippen molar-refractivity contribution in [3.63, 3.8) is 0 Å². The molecule has 0 saturated heterocycles. The predicted molar refractivity (Wildman–Crippen MR) is 112 cm³/mol. The Kier molecular flexibility index (Phi) is 117. The van der Waals surface area contributed by atoms with Crippen LogP contribution >= 0.6 is 31.7 Å². The van der Waals surface area contributed by atoms with Crippen LogP contribution in [0.5, 0.6) is 0 Å². The molecule has 0 unspecified atom stereocenters. The second kappa shape index (κ2) is 56.4. The average molecular weight is 681 g/mol. The third kappa shape index (κ3) is 135. The molecule has 24 heavy (non-hydrogen) atoms. The van der Waals surface area contributed by atoms with E-state index in [-0.39, 0.29) is 72.2 Å². The van der Waals surface area contributed by atoms with Crippen LogP contribution in [0.4, 0.5) is 0 Å². The summed E-state index contributed by atoms with van der Waals surface area (Å²) in [5.74, 6) is 3.13. The zero-order valence-electron chi connectivity index (χ0n) is 15.9. The second-order valence-corrected chi connectivity index (χ2v) is 17.7. The van der Waals surface area contributed by atoms with Crippen LogP contribution in [0.25, 0.3) is 0 Å². The molecule has 147 valence electrons. The van der Waals surface area contributed by atoms with Gasteiger partial charge in [-0.05, 0) is 0 Å². The fourth-order valence-corrected chi connectivity index (χ4v) is 12.7. The van der Waals surface area contributed by atoms with Crippen LogP contribution in [0.2, 0.25) is 0 Å². The minimum atomic E-state index is 0. The largest absolute Gasteiger partial charge is 2.00 e. The van der Waals surface area contributed by atoms with Gasteiger partial charge in [0.25, 0.3) is 0 Å². The van der Waals surface area contributed by atoms with Gasteiger partial charge in [0.2, 0.25) is 0 Å². The zero-order valence-corrected chi connectivity index (χ0v) is 23.8. The van der Waals surface area contributed by atoms with E-state index in [1.54, 1.807) is 11.8 Å². The SMILES string of the molecule is C[PH+](C)C[PH+](C)C.C[PH+](C)C[PH+](C)C.[C-]#N.[C-]#N.[C-]#N.[CH-]=O.[Pt].[Rh+2]. The van der Waals surface area contributed by atoms with E-state index in [2.05, 4.69) is 60.1 Å². The summed E-state index contributed by atoms with van der Waals surface area (Å²) in [5.41, 5.74) is 0. The molecule has 0 rings (SSSR count). The van der Waals surface area contributed by atoms with Crippen molar-refractivity contribution in [3.05, 3.63) is 19.7 Å². The molecule has 0 N–H and O–H groups in total. The molecular weight excluding hydrogens is 648 g/mol. The van der Waals surface area contributed by atoms with Crippen molar-refractivity contribution in [2.75, 3.05) is 65.1 Å². The maximum Gasteiger partial charge on any atom is 2.00 e. The molecule has 10 heteroatoms. The standard InChI is InChI=1S/2C5H14P2.3CN.CHO.Pt.Rh/c2*1-6(2)5-7(3)4;4*1-2;;/h2*5H2,1-4H3;;;;1H;;/q;;4*-1;;+2/p+4. The van der Waals surface area contributed by atoms with Crippen molar-refractivity contribution >= 4 is 38.5 Å². The third-order valence-electron chi connectivity index (χ3n) is 1.41. The van der Waals surface area contributed by atoms with Gasteiger partial charge < -0.3 is 40.3 Å². The van der Waals surface area contributed by atoms with Crippen molar-refractivity contribution in [1.29, 1.82) is 15.8 Å². The van der Waals surface area contributed by atoms with Crippen LogP contribution < -0.4 is 0 Å². The Bertz CT molecular complexity index is 202. The summed E-state index contributed by atoms with van der Waals surface area (Å²) in [6.07, 6.45) is 0. The molecule has 0 aromatic rings. The first-order chi connectivity index (χ1) is 10.3. The molecule has 0 saturated carbocycles. The van der Waals surface area contributed by atoms with E-state index in [1.165, 1.54) is 0 Å². The van der Waals surface area contributed by atoms with Gasteiger partial charge in [0.15, 0.2) is 11.8 Å². The fourth-order valence-electron chi connectivity index (χ4n) is 1.41. The Morgan fingerprint density at radius 3 is 0.667 bits per heavy atom. The van der Waals surface area contributed by atoms with Gasteiger partial charge in [-0.2, -0.15) is 0 Å². The molecule has 0 aliphatic carbocycles. The normalized spacial score (nSPS) is 6.92. The maximum atomic E-state index is 7.75. The van der Waals surface area contributed by atoms with Crippen molar-refractivity contribution in [3.8, 4) is 0 Å². The topological polar surface area (TPSA) is 88.4 Å². The summed E-state index contributed by atoms with van der Waals surface area (Å²) in [4.78, 5) is 7.75. The van der Waals surface area contributed by atoms with Crippen molar-refractivity contribution < 1.29 is 45.3 Å². The molecule has 0 aliphatic rings. The van der Waals surface area contributed by atoms with Gasteiger partial charge in [-0.3, -0.25) is 6.79 Å².